The van der Waals surface area contributed by atoms with E-state index in [2.05, 4.69) is 26.0 Å². The third-order valence-electron chi connectivity index (χ3n) is 4.55. The number of urea groups is 1. The molecule has 0 aliphatic rings. The lowest BCUT2D eigenvalue weighted by molar-refractivity contribution is 0.102. The van der Waals surface area contributed by atoms with Crippen molar-refractivity contribution in [3.63, 3.8) is 0 Å². The van der Waals surface area contributed by atoms with Crippen LogP contribution in [0.3, 0.4) is 0 Å². The summed E-state index contributed by atoms with van der Waals surface area (Å²) in [5, 5.41) is 12.4. The molecule has 0 unspecified atom stereocenters. The Hall–Kier alpha value is -4.24. The molecule has 8 nitrogen and oxygen atoms in total. The number of benzene rings is 2. The maximum absolute atomic E-state index is 14.3. The molecule has 33 heavy (non-hydrogen) atoms. The number of para-hydroxylation sites is 1. The summed E-state index contributed by atoms with van der Waals surface area (Å²) >= 11 is 6.04. The number of anilines is 3. The largest absolute Gasteiger partial charge is 0.323 e. The van der Waals surface area contributed by atoms with Gasteiger partial charge < -0.3 is 16.0 Å². The molecule has 0 atom stereocenters. The Bertz CT molecular complexity index is 1340. The fourth-order valence-electron chi connectivity index (χ4n) is 3.00. The summed E-state index contributed by atoms with van der Waals surface area (Å²) in [5.74, 6) is -1.01. The lowest BCUT2D eigenvalue weighted by atomic mass is 10.1. The highest BCUT2D eigenvalue weighted by atomic mass is 35.5. The number of amides is 3. The van der Waals surface area contributed by atoms with Gasteiger partial charge in [0.2, 0.25) is 0 Å². The van der Waals surface area contributed by atoms with E-state index in [1.165, 1.54) is 35.3 Å². The Kier molecular flexibility index (Phi) is 6.32. The quantitative estimate of drug-likeness (QED) is 0.374. The highest BCUT2D eigenvalue weighted by Crippen LogP contribution is 2.21. The van der Waals surface area contributed by atoms with Crippen molar-refractivity contribution in [3.8, 4) is 5.69 Å². The third-order valence-corrected chi connectivity index (χ3v) is 4.88. The van der Waals surface area contributed by atoms with Gasteiger partial charge in [-0.2, -0.15) is 5.10 Å². The van der Waals surface area contributed by atoms with Gasteiger partial charge in [0.1, 0.15) is 11.6 Å². The molecule has 3 amide bonds. The van der Waals surface area contributed by atoms with Crippen LogP contribution in [0.4, 0.5) is 26.4 Å². The summed E-state index contributed by atoms with van der Waals surface area (Å²) in [7, 11) is 0. The van der Waals surface area contributed by atoms with Crippen LogP contribution in [-0.2, 0) is 0 Å². The van der Waals surface area contributed by atoms with E-state index in [1.807, 2.05) is 0 Å². The average Bonchev–Trinajstić information content (AvgIpc) is 3.24. The van der Waals surface area contributed by atoms with E-state index in [9.17, 15) is 14.0 Å². The summed E-state index contributed by atoms with van der Waals surface area (Å²) < 4.78 is 15.8. The van der Waals surface area contributed by atoms with Crippen LogP contribution in [0.2, 0.25) is 5.02 Å². The first-order chi connectivity index (χ1) is 15.9. The Morgan fingerprint density at radius 2 is 1.82 bits per heavy atom. The van der Waals surface area contributed by atoms with Gasteiger partial charge in [0.25, 0.3) is 5.91 Å². The fourth-order valence-corrected chi connectivity index (χ4v) is 3.18. The van der Waals surface area contributed by atoms with Crippen molar-refractivity contribution in [1.29, 1.82) is 0 Å². The second kappa shape index (κ2) is 9.49. The number of rotatable bonds is 5. The molecule has 0 spiro atoms. The van der Waals surface area contributed by atoms with E-state index < -0.39 is 17.8 Å². The van der Waals surface area contributed by atoms with E-state index in [1.54, 1.807) is 49.4 Å². The first-order valence-electron chi connectivity index (χ1n) is 9.81. The van der Waals surface area contributed by atoms with Crippen molar-refractivity contribution in [2.24, 2.45) is 0 Å². The van der Waals surface area contributed by atoms with Crippen molar-refractivity contribution in [3.05, 3.63) is 95.2 Å². The highest BCUT2D eigenvalue weighted by molar-refractivity contribution is 6.33. The van der Waals surface area contributed by atoms with Gasteiger partial charge in [-0.25, -0.2) is 18.9 Å². The zero-order valence-electron chi connectivity index (χ0n) is 17.3. The summed E-state index contributed by atoms with van der Waals surface area (Å²) in [6.07, 6.45) is 2.95. The molecule has 0 aliphatic heterocycles. The summed E-state index contributed by atoms with van der Waals surface area (Å²) in [4.78, 5) is 29.0. The van der Waals surface area contributed by atoms with Crippen molar-refractivity contribution in [2.75, 3.05) is 16.0 Å². The van der Waals surface area contributed by atoms with Gasteiger partial charge in [0.05, 0.1) is 40.0 Å². The van der Waals surface area contributed by atoms with Gasteiger partial charge >= 0.3 is 6.03 Å². The topological polar surface area (TPSA) is 101 Å². The summed E-state index contributed by atoms with van der Waals surface area (Å²) in [5.41, 5.74) is 1.83. The van der Waals surface area contributed by atoms with Gasteiger partial charge in [-0.05, 0) is 49.4 Å². The Balaban J connectivity index is 1.48. The van der Waals surface area contributed by atoms with E-state index >= 15 is 0 Å². The highest BCUT2D eigenvalue weighted by Gasteiger charge is 2.15. The normalized spacial score (nSPS) is 10.5. The third kappa shape index (κ3) is 5.34. The standard InChI is InChI=1S/C23H18ClFN6O2/c1-14-5-4-8-21(27-14)30-22(32)17-11-16(9-10-19(17)25)31-13-15(12-26-31)28-23(33)29-20-7-3-2-6-18(20)24/h2-13H,1H3,(H,27,30,32)(H2,28,29,33). The lowest BCUT2D eigenvalue weighted by Gasteiger charge is -2.09. The Labute approximate surface area is 193 Å². The minimum absolute atomic E-state index is 0.169. The number of nitrogens with one attached hydrogen (secondary N) is 3. The van der Waals surface area contributed by atoms with Gasteiger partial charge in [0.15, 0.2) is 0 Å². The predicted octanol–water partition coefficient (Wildman–Crippen LogP) is 5.26. The molecular weight excluding hydrogens is 447 g/mol. The number of pyridine rings is 1. The molecule has 0 bridgehead atoms. The molecule has 0 fully saturated rings. The van der Waals surface area contributed by atoms with Gasteiger partial charge in [-0.1, -0.05) is 29.8 Å². The zero-order valence-corrected chi connectivity index (χ0v) is 18.1. The number of carbonyl (C=O) groups excluding carboxylic acids is 2. The molecule has 2 aromatic carbocycles. The fraction of sp³-hybridized carbons (Fsp3) is 0.0435. The molecule has 2 aromatic heterocycles. The maximum Gasteiger partial charge on any atom is 0.323 e. The van der Waals surface area contributed by atoms with Crippen LogP contribution < -0.4 is 16.0 Å². The molecule has 0 saturated carbocycles. The van der Waals surface area contributed by atoms with Gasteiger partial charge in [-0.3, -0.25) is 4.79 Å². The van der Waals surface area contributed by atoms with Crippen LogP contribution >= 0.6 is 11.6 Å². The maximum atomic E-state index is 14.3. The molecule has 0 aliphatic carbocycles. The van der Waals surface area contributed by atoms with E-state index in [4.69, 9.17) is 11.6 Å². The summed E-state index contributed by atoms with van der Waals surface area (Å²) in [6.45, 7) is 1.79. The molecule has 0 radical (unpaired) electrons. The van der Waals surface area contributed by atoms with Crippen molar-refractivity contribution >= 4 is 40.7 Å². The molecule has 3 N–H and O–H groups in total. The molecule has 4 aromatic rings. The molecule has 166 valence electrons. The van der Waals surface area contributed by atoms with Crippen LogP contribution in [0, 0.1) is 12.7 Å². The Morgan fingerprint density at radius 1 is 1.00 bits per heavy atom. The van der Waals surface area contributed by atoms with Crippen LogP contribution in [-0.4, -0.2) is 26.7 Å². The smallest absolute Gasteiger partial charge is 0.306 e. The van der Waals surface area contributed by atoms with Crippen LogP contribution in [0.5, 0.6) is 0 Å². The first-order valence-corrected chi connectivity index (χ1v) is 10.2. The summed E-state index contributed by atoms with van der Waals surface area (Å²) in [6, 6.07) is 15.5. The Morgan fingerprint density at radius 3 is 2.61 bits per heavy atom. The van der Waals surface area contributed by atoms with E-state index in [0.29, 0.717) is 27.9 Å². The van der Waals surface area contributed by atoms with Crippen LogP contribution in [0.15, 0.2) is 73.1 Å². The second-order valence-corrected chi connectivity index (χ2v) is 7.42. The predicted molar refractivity (Wildman–Crippen MR) is 125 cm³/mol. The van der Waals surface area contributed by atoms with Crippen molar-refractivity contribution < 1.29 is 14.0 Å². The van der Waals surface area contributed by atoms with Crippen LogP contribution in [0.25, 0.3) is 5.69 Å². The van der Waals surface area contributed by atoms with Crippen molar-refractivity contribution in [1.82, 2.24) is 14.8 Å². The van der Waals surface area contributed by atoms with Crippen molar-refractivity contribution in [2.45, 2.75) is 6.92 Å². The minimum Gasteiger partial charge on any atom is -0.306 e. The van der Waals surface area contributed by atoms with E-state index in [0.717, 1.165) is 5.69 Å². The molecule has 10 heteroatoms. The molecule has 0 saturated heterocycles. The number of hydrogen-bond donors (Lipinski definition) is 3. The minimum atomic E-state index is -0.687. The number of aryl methyl sites for hydroxylation is 1. The van der Waals surface area contributed by atoms with Crippen LogP contribution in [0.1, 0.15) is 16.1 Å². The monoisotopic (exact) mass is 464 g/mol. The number of hydrogen-bond acceptors (Lipinski definition) is 4. The lowest BCUT2D eigenvalue weighted by Crippen LogP contribution is -2.19. The SMILES string of the molecule is Cc1cccc(NC(=O)c2cc(-n3cc(NC(=O)Nc4ccccc4Cl)cn3)ccc2F)n1. The number of carbonyl (C=O) groups is 2. The number of aromatic nitrogens is 3. The average molecular weight is 465 g/mol. The second-order valence-electron chi connectivity index (χ2n) is 7.02. The molecule has 4 rings (SSSR count). The number of halogens is 2. The van der Waals surface area contributed by atoms with Gasteiger partial charge in [-0.15, -0.1) is 0 Å². The van der Waals surface area contributed by atoms with Gasteiger partial charge in [0, 0.05) is 5.69 Å². The first kappa shape index (κ1) is 22.0. The molecular formula is C23H18ClFN6O2. The number of nitrogens with zero attached hydrogens (tertiary/aromatic N) is 3. The van der Waals surface area contributed by atoms with E-state index in [-0.39, 0.29) is 5.56 Å². The zero-order chi connectivity index (χ0) is 23.4. The molecule has 2 heterocycles.